The third-order valence-corrected chi connectivity index (χ3v) is 0.101. The summed E-state index contributed by atoms with van der Waals surface area (Å²) >= 11 is 0. The number of carboxylic acids is 1. The molecule has 0 aromatic rings. The van der Waals surface area contributed by atoms with Crippen molar-refractivity contribution in [3.8, 4) is 0 Å². The summed E-state index contributed by atoms with van der Waals surface area (Å²) in [5.74, 6) is -1.43. The van der Waals surface area contributed by atoms with Gasteiger partial charge in [-0.1, -0.05) is 0 Å². The molecule has 0 amide bonds. The summed E-state index contributed by atoms with van der Waals surface area (Å²) in [5, 5.41) is 7.35. The van der Waals surface area contributed by atoms with Crippen molar-refractivity contribution >= 4 is 21.4 Å². The molecule has 0 unspecified atom stereocenters. The summed E-state index contributed by atoms with van der Waals surface area (Å²) in [4.78, 5) is 17.9. The molecular formula is C2H3O4P. The minimum atomic E-state index is -1.43. The molecule has 0 aromatic heterocycles. The zero-order chi connectivity index (χ0) is 6.28. The van der Waals surface area contributed by atoms with Crippen LogP contribution in [0.1, 0.15) is 0 Å². The molecule has 0 radical (unpaired) electrons. The summed E-state index contributed by atoms with van der Waals surface area (Å²) < 4.78 is 8.06. The Morgan fingerprint density at radius 3 is 1.71 bits per heavy atom. The van der Waals surface area contributed by atoms with Crippen LogP contribution in [0.2, 0.25) is 0 Å². The first-order chi connectivity index (χ1) is 3.27. The zero-order valence-electron chi connectivity index (χ0n) is 3.25. The molecule has 0 aliphatic carbocycles. The van der Waals surface area contributed by atoms with E-state index in [9.17, 15) is 0 Å². The molecule has 0 saturated heterocycles. The van der Waals surface area contributed by atoms with Gasteiger partial charge in [0.1, 0.15) is 9.12 Å². The van der Waals surface area contributed by atoms with Crippen molar-refractivity contribution in [1.82, 2.24) is 0 Å². The molecule has 0 bridgehead atoms. The molecule has 0 aliphatic rings. The van der Waals surface area contributed by atoms with E-state index in [1.165, 1.54) is 0 Å². The standard InChI is InChI=1S/C2H2O3.HOP/c3-1-2(4)5;1-2/h1H,(H,4,5);2H. The lowest BCUT2D eigenvalue weighted by Crippen LogP contribution is -1.91. The van der Waals surface area contributed by atoms with Crippen molar-refractivity contribution in [3.05, 3.63) is 0 Å². The first-order valence-electron chi connectivity index (χ1n) is 1.16. The number of rotatable bonds is 1. The van der Waals surface area contributed by atoms with Crippen LogP contribution < -0.4 is 0 Å². The molecule has 4 nitrogen and oxygen atoms in total. The van der Waals surface area contributed by atoms with E-state index < -0.39 is 5.97 Å². The minimum Gasteiger partial charge on any atom is -0.476 e. The number of aldehydes is 1. The molecule has 40 valence electrons. The van der Waals surface area contributed by atoms with E-state index in [4.69, 9.17) is 19.3 Å². The Bertz CT molecular complexity index is 70.1. The van der Waals surface area contributed by atoms with Crippen molar-refractivity contribution in [2.24, 2.45) is 0 Å². The average Bonchev–Trinajstić information content (AvgIpc) is 1.73. The number of carbonyl (C=O) groups excluding carboxylic acids is 1. The number of hydrogen-bond acceptors (Lipinski definition) is 3. The van der Waals surface area contributed by atoms with Crippen LogP contribution in [0.4, 0.5) is 0 Å². The van der Waals surface area contributed by atoms with E-state index in [1.54, 1.807) is 9.12 Å². The van der Waals surface area contributed by atoms with Gasteiger partial charge in [0, 0.05) is 0 Å². The van der Waals surface area contributed by atoms with Gasteiger partial charge in [-0.25, -0.2) is 4.79 Å². The highest BCUT2D eigenvalue weighted by Gasteiger charge is 1.80. The highest BCUT2D eigenvalue weighted by atomic mass is 31.0. The maximum absolute atomic E-state index is 9.00. The first kappa shape index (κ1) is 9.53. The quantitative estimate of drug-likeness (QED) is 0.295. The molecule has 0 spiro atoms. The van der Waals surface area contributed by atoms with Gasteiger partial charge < -0.3 is 5.11 Å². The van der Waals surface area contributed by atoms with Crippen LogP contribution in [0.3, 0.4) is 0 Å². The van der Waals surface area contributed by atoms with Crippen LogP contribution in [0.15, 0.2) is 0 Å². The lowest BCUT2D eigenvalue weighted by Gasteiger charge is -1.59. The Morgan fingerprint density at radius 1 is 1.57 bits per heavy atom. The fourth-order valence-corrected chi connectivity index (χ4v) is 0. The third kappa shape index (κ3) is 35.8. The second kappa shape index (κ2) is 8.97. The second-order valence-electron chi connectivity index (χ2n) is 0.456. The zero-order valence-corrected chi connectivity index (χ0v) is 4.25. The van der Waals surface area contributed by atoms with Gasteiger partial charge in [0.25, 0.3) is 0 Å². The van der Waals surface area contributed by atoms with Crippen LogP contribution in [0.25, 0.3) is 0 Å². The Kier molecular flexibility index (Phi) is 12.2. The molecule has 0 heterocycles. The normalized spacial score (nSPS) is 5.14. The van der Waals surface area contributed by atoms with E-state index in [1.807, 2.05) is 0 Å². The molecule has 0 atom stereocenters. The maximum Gasteiger partial charge on any atom is 0.368 e. The molecule has 0 aliphatic heterocycles. The molecular weight excluding hydrogens is 119 g/mol. The van der Waals surface area contributed by atoms with Gasteiger partial charge in [0.2, 0.25) is 6.29 Å². The smallest absolute Gasteiger partial charge is 0.368 e. The van der Waals surface area contributed by atoms with Crippen LogP contribution >= 0.6 is 9.12 Å². The SMILES string of the molecule is O=CC(=O)O.O=P. The van der Waals surface area contributed by atoms with Crippen molar-refractivity contribution in [3.63, 3.8) is 0 Å². The van der Waals surface area contributed by atoms with E-state index >= 15 is 0 Å². The lowest BCUT2D eigenvalue weighted by atomic mass is 10.8. The van der Waals surface area contributed by atoms with Crippen molar-refractivity contribution in [2.75, 3.05) is 0 Å². The van der Waals surface area contributed by atoms with Crippen molar-refractivity contribution in [2.45, 2.75) is 0 Å². The molecule has 5 heteroatoms. The monoisotopic (exact) mass is 122 g/mol. The van der Waals surface area contributed by atoms with Gasteiger partial charge in [-0.15, -0.1) is 0 Å². The summed E-state index contributed by atoms with van der Waals surface area (Å²) in [6, 6.07) is 0. The maximum atomic E-state index is 9.00. The van der Waals surface area contributed by atoms with Crippen molar-refractivity contribution in [1.29, 1.82) is 0 Å². The summed E-state index contributed by atoms with van der Waals surface area (Å²) in [6.45, 7) is 0. The number of carboxylic acid groups (broad SMARTS) is 1. The predicted molar refractivity (Wildman–Crippen MR) is 22.7 cm³/mol. The van der Waals surface area contributed by atoms with Gasteiger partial charge >= 0.3 is 5.97 Å². The topological polar surface area (TPSA) is 71.4 Å². The summed E-state index contributed by atoms with van der Waals surface area (Å²) in [7, 11) is 1.72. The Labute approximate surface area is 41.8 Å². The van der Waals surface area contributed by atoms with Crippen LogP contribution in [0.5, 0.6) is 0 Å². The van der Waals surface area contributed by atoms with Gasteiger partial charge in [-0.2, -0.15) is 0 Å². The van der Waals surface area contributed by atoms with Crippen LogP contribution in [0, 0.1) is 0 Å². The number of aliphatic carboxylic acids is 1. The molecule has 0 aromatic carbocycles. The highest BCUT2D eigenvalue weighted by Crippen LogP contribution is 1.39. The molecule has 0 fully saturated rings. The number of hydrogen-bond donors (Lipinski definition) is 1. The summed E-state index contributed by atoms with van der Waals surface area (Å²) in [6.07, 6.45) is -0.167. The molecule has 0 rings (SSSR count). The average molecular weight is 122 g/mol. The molecule has 7 heavy (non-hydrogen) atoms. The van der Waals surface area contributed by atoms with Gasteiger partial charge in [-0.3, -0.25) is 9.36 Å². The fourth-order valence-electron chi connectivity index (χ4n) is 0. The van der Waals surface area contributed by atoms with E-state index in [0.29, 0.717) is 0 Å². The fraction of sp³-hybridized carbons (Fsp3) is 0. The largest absolute Gasteiger partial charge is 0.476 e. The third-order valence-electron chi connectivity index (χ3n) is 0.101. The van der Waals surface area contributed by atoms with Crippen LogP contribution in [-0.2, 0) is 14.2 Å². The van der Waals surface area contributed by atoms with E-state index in [0.717, 1.165) is 0 Å². The highest BCUT2D eigenvalue weighted by molar-refractivity contribution is 7.00. The number of carbonyl (C=O) groups is 2. The van der Waals surface area contributed by atoms with Gasteiger partial charge in [0.15, 0.2) is 0 Å². The van der Waals surface area contributed by atoms with E-state index in [-0.39, 0.29) is 6.29 Å². The first-order valence-corrected chi connectivity index (χ1v) is 1.56. The van der Waals surface area contributed by atoms with Gasteiger partial charge in [0.05, 0.1) is 0 Å². The van der Waals surface area contributed by atoms with E-state index in [2.05, 4.69) is 0 Å². The molecule has 0 saturated carbocycles. The Balaban J connectivity index is 0. The minimum absolute atomic E-state index is 0.167. The lowest BCUT2D eigenvalue weighted by molar-refractivity contribution is -0.143. The predicted octanol–water partition coefficient (Wildman–Crippen LogP) is -0.255. The Hall–Kier alpha value is -0.760. The summed E-state index contributed by atoms with van der Waals surface area (Å²) in [5.41, 5.74) is 0. The van der Waals surface area contributed by atoms with Gasteiger partial charge in [-0.05, 0) is 0 Å². The van der Waals surface area contributed by atoms with Crippen LogP contribution in [-0.4, -0.2) is 17.4 Å². The molecule has 1 N–H and O–H groups in total. The second-order valence-corrected chi connectivity index (χ2v) is 0.456. The van der Waals surface area contributed by atoms with Crippen molar-refractivity contribution < 1.29 is 19.3 Å². The Morgan fingerprint density at radius 2 is 1.71 bits per heavy atom.